The molecule has 2 saturated carbocycles. The standard InChI is InChI=1S/C22H33N5OS/c1-4-23-18(28)12-14-6-11-17-19(14)20-21(24-13-25-22(20)29-17)26-15-7-9-16(10-8-15)27(3)5-2/h5,13-17,19H,2,4,6-12H2,1,3H3,(H,23,28)(H,24,25,26). The molecule has 0 radical (unpaired) electrons. The van der Waals surface area contributed by atoms with Crippen molar-refractivity contribution in [2.24, 2.45) is 5.92 Å². The molecule has 1 aliphatic heterocycles. The lowest BCUT2D eigenvalue weighted by Crippen LogP contribution is -2.36. The van der Waals surface area contributed by atoms with Gasteiger partial charge in [-0.05, 0) is 57.6 Å². The molecule has 2 aliphatic carbocycles. The van der Waals surface area contributed by atoms with Crippen LogP contribution >= 0.6 is 11.8 Å². The number of rotatable bonds is 7. The summed E-state index contributed by atoms with van der Waals surface area (Å²) in [6.07, 6.45) is 11.2. The summed E-state index contributed by atoms with van der Waals surface area (Å²) >= 11 is 1.89. The summed E-state index contributed by atoms with van der Waals surface area (Å²) in [7, 11) is 2.12. The minimum absolute atomic E-state index is 0.174. The summed E-state index contributed by atoms with van der Waals surface area (Å²) in [5.41, 5.74) is 1.28. The number of carbonyl (C=O) groups excluding carboxylic acids is 1. The maximum absolute atomic E-state index is 12.2. The van der Waals surface area contributed by atoms with Gasteiger partial charge in [0.05, 0.1) is 0 Å². The van der Waals surface area contributed by atoms with E-state index in [1.54, 1.807) is 6.33 Å². The van der Waals surface area contributed by atoms with Crippen LogP contribution in [0.4, 0.5) is 5.82 Å². The predicted molar refractivity (Wildman–Crippen MR) is 118 cm³/mol. The topological polar surface area (TPSA) is 70.1 Å². The summed E-state index contributed by atoms with van der Waals surface area (Å²) in [4.78, 5) is 23.7. The molecule has 1 amide bonds. The Balaban J connectivity index is 1.47. The lowest BCUT2D eigenvalue weighted by Gasteiger charge is -2.34. The molecule has 2 fully saturated rings. The summed E-state index contributed by atoms with van der Waals surface area (Å²) in [5, 5.41) is 8.40. The third-order valence-corrected chi connectivity index (χ3v) is 8.28. The van der Waals surface area contributed by atoms with E-state index in [0.717, 1.165) is 36.5 Å². The van der Waals surface area contributed by atoms with E-state index in [4.69, 9.17) is 0 Å². The average Bonchev–Trinajstić information content (AvgIpc) is 3.28. The van der Waals surface area contributed by atoms with Crippen molar-refractivity contribution in [1.29, 1.82) is 0 Å². The van der Waals surface area contributed by atoms with Crippen LogP contribution in [0.3, 0.4) is 0 Å². The normalized spacial score (nSPS) is 30.3. The maximum atomic E-state index is 12.2. The molecule has 0 bridgehead atoms. The van der Waals surface area contributed by atoms with E-state index in [0.29, 0.717) is 42.1 Å². The zero-order valence-corrected chi connectivity index (χ0v) is 18.4. The van der Waals surface area contributed by atoms with Gasteiger partial charge in [-0.3, -0.25) is 4.79 Å². The van der Waals surface area contributed by atoms with Gasteiger partial charge in [0, 0.05) is 48.8 Å². The fourth-order valence-corrected chi connectivity index (χ4v) is 6.85. The predicted octanol–water partition coefficient (Wildman–Crippen LogP) is 3.77. The van der Waals surface area contributed by atoms with Crippen LogP contribution in [0.25, 0.3) is 0 Å². The molecule has 29 heavy (non-hydrogen) atoms. The monoisotopic (exact) mass is 415 g/mol. The highest BCUT2D eigenvalue weighted by Gasteiger charge is 2.46. The summed E-state index contributed by atoms with van der Waals surface area (Å²) in [6, 6.07) is 1.05. The van der Waals surface area contributed by atoms with Crippen molar-refractivity contribution in [2.75, 3.05) is 18.9 Å². The molecule has 0 saturated heterocycles. The highest BCUT2D eigenvalue weighted by atomic mass is 32.2. The molecule has 6 nitrogen and oxygen atoms in total. The maximum Gasteiger partial charge on any atom is 0.220 e. The van der Waals surface area contributed by atoms with E-state index >= 15 is 0 Å². The van der Waals surface area contributed by atoms with Crippen molar-refractivity contribution in [1.82, 2.24) is 20.2 Å². The summed E-state index contributed by atoms with van der Waals surface area (Å²) in [5.74, 6) is 1.97. The molecule has 1 aromatic rings. The first-order valence-corrected chi connectivity index (χ1v) is 11.9. The smallest absolute Gasteiger partial charge is 0.220 e. The third-order valence-electron chi connectivity index (χ3n) is 6.90. The Bertz CT molecular complexity index is 749. The molecule has 7 heteroatoms. The molecule has 1 aromatic heterocycles. The molecule has 3 unspecified atom stereocenters. The number of nitrogens with one attached hydrogen (secondary N) is 2. The zero-order valence-electron chi connectivity index (χ0n) is 17.6. The fraction of sp³-hybridized carbons (Fsp3) is 0.682. The van der Waals surface area contributed by atoms with Gasteiger partial charge in [0.2, 0.25) is 5.91 Å². The van der Waals surface area contributed by atoms with Crippen LogP contribution in [0.15, 0.2) is 24.1 Å². The van der Waals surface area contributed by atoms with E-state index in [1.807, 2.05) is 24.9 Å². The Morgan fingerprint density at radius 1 is 1.28 bits per heavy atom. The van der Waals surface area contributed by atoms with E-state index in [1.165, 1.54) is 18.4 Å². The van der Waals surface area contributed by atoms with Crippen LogP contribution in [0.1, 0.15) is 63.4 Å². The van der Waals surface area contributed by atoms with Gasteiger partial charge in [-0.2, -0.15) is 0 Å². The molecule has 0 aromatic carbocycles. The number of hydrogen-bond acceptors (Lipinski definition) is 6. The Morgan fingerprint density at radius 3 is 2.79 bits per heavy atom. The molecule has 0 spiro atoms. The van der Waals surface area contributed by atoms with Gasteiger partial charge in [0.15, 0.2) is 0 Å². The molecular formula is C22H33N5OS. The van der Waals surface area contributed by atoms with E-state index in [-0.39, 0.29) is 5.91 Å². The van der Waals surface area contributed by atoms with E-state index in [2.05, 4.69) is 39.1 Å². The van der Waals surface area contributed by atoms with Gasteiger partial charge in [0.25, 0.3) is 0 Å². The van der Waals surface area contributed by atoms with Gasteiger partial charge < -0.3 is 15.5 Å². The van der Waals surface area contributed by atoms with Crippen molar-refractivity contribution >= 4 is 23.5 Å². The number of hydrogen-bond donors (Lipinski definition) is 2. The highest BCUT2D eigenvalue weighted by molar-refractivity contribution is 8.00. The summed E-state index contributed by atoms with van der Waals surface area (Å²) < 4.78 is 0. The van der Waals surface area contributed by atoms with Crippen molar-refractivity contribution in [3.05, 3.63) is 24.7 Å². The highest BCUT2D eigenvalue weighted by Crippen LogP contribution is 2.57. The Labute approximate surface area is 178 Å². The van der Waals surface area contributed by atoms with Crippen LogP contribution in [-0.2, 0) is 4.79 Å². The van der Waals surface area contributed by atoms with Crippen LogP contribution in [0, 0.1) is 5.92 Å². The number of anilines is 1. The number of fused-ring (bicyclic) bond motifs is 3. The quantitative estimate of drug-likeness (QED) is 0.661. The second-order valence-corrected chi connectivity index (χ2v) is 9.84. The Hall–Kier alpha value is -1.76. The number of aromatic nitrogens is 2. The number of amides is 1. The van der Waals surface area contributed by atoms with Crippen LogP contribution in [0.5, 0.6) is 0 Å². The molecule has 3 atom stereocenters. The number of carbonyl (C=O) groups is 1. The largest absolute Gasteiger partial charge is 0.378 e. The van der Waals surface area contributed by atoms with Gasteiger partial charge in [0.1, 0.15) is 17.2 Å². The molecule has 2 N–H and O–H groups in total. The average molecular weight is 416 g/mol. The lowest BCUT2D eigenvalue weighted by atomic mass is 9.86. The van der Waals surface area contributed by atoms with Crippen molar-refractivity contribution in [3.8, 4) is 0 Å². The van der Waals surface area contributed by atoms with Crippen molar-refractivity contribution < 1.29 is 4.79 Å². The van der Waals surface area contributed by atoms with Gasteiger partial charge >= 0.3 is 0 Å². The minimum Gasteiger partial charge on any atom is -0.378 e. The SMILES string of the molecule is C=CN(C)C1CCC(Nc2ncnc3c2C2C(CC(=O)NCC)CCC2S3)CC1. The minimum atomic E-state index is 0.174. The number of thioether (sulfide) groups is 1. The lowest BCUT2D eigenvalue weighted by molar-refractivity contribution is -0.121. The van der Waals surface area contributed by atoms with Gasteiger partial charge in [-0.1, -0.05) is 6.58 Å². The fourth-order valence-electron chi connectivity index (χ4n) is 5.33. The summed E-state index contributed by atoms with van der Waals surface area (Å²) in [6.45, 7) is 6.57. The second-order valence-electron chi connectivity index (χ2n) is 8.62. The van der Waals surface area contributed by atoms with Gasteiger partial charge in [-0.25, -0.2) is 9.97 Å². The van der Waals surface area contributed by atoms with E-state index in [9.17, 15) is 4.79 Å². The first-order chi connectivity index (χ1) is 14.1. The molecule has 158 valence electrons. The van der Waals surface area contributed by atoms with Crippen molar-refractivity contribution in [3.63, 3.8) is 0 Å². The third kappa shape index (κ3) is 4.25. The van der Waals surface area contributed by atoms with Gasteiger partial charge in [-0.15, -0.1) is 11.8 Å². The zero-order chi connectivity index (χ0) is 20.4. The molecular weight excluding hydrogens is 382 g/mol. The van der Waals surface area contributed by atoms with Crippen LogP contribution in [0.2, 0.25) is 0 Å². The van der Waals surface area contributed by atoms with E-state index < -0.39 is 0 Å². The second kappa shape index (κ2) is 8.94. The molecule has 2 heterocycles. The van der Waals surface area contributed by atoms with Crippen LogP contribution < -0.4 is 10.6 Å². The Kier molecular flexibility index (Phi) is 6.32. The van der Waals surface area contributed by atoms with Crippen LogP contribution in [-0.4, -0.2) is 51.7 Å². The van der Waals surface area contributed by atoms with Crippen molar-refractivity contribution in [2.45, 2.75) is 80.1 Å². The first kappa shape index (κ1) is 20.5. The molecule has 4 rings (SSSR count). The number of nitrogens with zero attached hydrogens (tertiary/aromatic N) is 3. The first-order valence-electron chi connectivity index (χ1n) is 11.0. The molecule has 3 aliphatic rings. The Morgan fingerprint density at radius 2 is 2.07 bits per heavy atom.